The number of nitrogens with one attached hydrogen (secondary N) is 1. The van der Waals surface area contributed by atoms with Gasteiger partial charge in [-0.3, -0.25) is 9.69 Å². The summed E-state index contributed by atoms with van der Waals surface area (Å²) in [5, 5.41) is 4.11. The summed E-state index contributed by atoms with van der Waals surface area (Å²) < 4.78 is 5.62. The van der Waals surface area contributed by atoms with Gasteiger partial charge in [0.15, 0.2) is 0 Å². The van der Waals surface area contributed by atoms with Crippen molar-refractivity contribution in [2.45, 2.75) is 26.8 Å². The van der Waals surface area contributed by atoms with E-state index in [9.17, 15) is 4.79 Å². The number of carbonyl (C=O) groups is 1. The molecule has 0 unspecified atom stereocenters. The second-order valence-corrected chi connectivity index (χ2v) is 8.75. The molecule has 1 amide bonds. The summed E-state index contributed by atoms with van der Waals surface area (Å²) >= 11 is 2.02. The van der Waals surface area contributed by atoms with Crippen molar-refractivity contribution in [1.82, 2.24) is 4.90 Å². The van der Waals surface area contributed by atoms with E-state index in [0.29, 0.717) is 6.42 Å². The fourth-order valence-electron chi connectivity index (χ4n) is 3.61. The molecule has 1 saturated heterocycles. The first kappa shape index (κ1) is 19.1. The Morgan fingerprint density at radius 2 is 1.96 bits per heavy atom. The van der Waals surface area contributed by atoms with Gasteiger partial charge in [-0.25, -0.2) is 0 Å². The Morgan fingerprint density at radius 3 is 2.79 bits per heavy atom. The van der Waals surface area contributed by atoms with Crippen molar-refractivity contribution in [3.63, 3.8) is 0 Å². The highest BCUT2D eigenvalue weighted by Gasteiger charge is 2.14. The first-order valence-corrected chi connectivity index (χ1v) is 10.9. The van der Waals surface area contributed by atoms with E-state index >= 15 is 0 Å². The van der Waals surface area contributed by atoms with Gasteiger partial charge in [0.25, 0.3) is 0 Å². The van der Waals surface area contributed by atoms with Gasteiger partial charge < -0.3 is 9.73 Å². The van der Waals surface area contributed by atoms with E-state index in [-0.39, 0.29) is 5.91 Å². The predicted octanol–water partition coefficient (Wildman–Crippen LogP) is 4.78. The van der Waals surface area contributed by atoms with Crippen LogP contribution in [0.25, 0.3) is 11.0 Å². The van der Waals surface area contributed by atoms with Gasteiger partial charge >= 0.3 is 0 Å². The quantitative estimate of drug-likeness (QED) is 0.676. The summed E-state index contributed by atoms with van der Waals surface area (Å²) in [5.74, 6) is 2.39. The minimum absolute atomic E-state index is 0.0158. The number of nitrogens with zero attached hydrogens (tertiary/aromatic N) is 1. The van der Waals surface area contributed by atoms with Crippen LogP contribution in [-0.2, 0) is 17.8 Å². The van der Waals surface area contributed by atoms with E-state index in [1.807, 2.05) is 43.8 Å². The monoisotopic (exact) mass is 394 g/mol. The van der Waals surface area contributed by atoms with Crippen molar-refractivity contribution in [3.05, 3.63) is 64.9 Å². The molecule has 5 heteroatoms. The van der Waals surface area contributed by atoms with Crippen LogP contribution in [0.1, 0.15) is 22.3 Å². The van der Waals surface area contributed by atoms with Crippen molar-refractivity contribution < 1.29 is 9.21 Å². The molecule has 1 aromatic heterocycles. The topological polar surface area (TPSA) is 45.5 Å². The van der Waals surface area contributed by atoms with E-state index in [1.54, 1.807) is 6.26 Å². The van der Waals surface area contributed by atoms with Crippen LogP contribution in [0, 0.1) is 13.8 Å². The number of hydrogen-bond donors (Lipinski definition) is 1. The van der Waals surface area contributed by atoms with E-state index in [4.69, 9.17) is 4.42 Å². The summed E-state index contributed by atoms with van der Waals surface area (Å²) in [7, 11) is 0. The van der Waals surface area contributed by atoms with E-state index in [0.717, 1.165) is 53.0 Å². The van der Waals surface area contributed by atoms with Gasteiger partial charge in [-0.2, -0.15) is 11.8 Å². The largest absolute Gasteiger partial charge is 0.464 e. The zero-order valence-corrected chi connectivity index (χ0v) is 17.3. The maximum Gasteiger partial charge on any atom is 0.228 e. The number of hydrogen-bond acceptors (Lipinski definition) is 4. The van der Waals surface area contributed by atoms with Gasteiger partial charge in [0, 0.05) is 47.8 Å². The van der Waals surface area contributed by atoms with E-state index in [1.165, 1.54) is 17.1 Å². The lowest BCUT2D eigenvalue weighted by atomic mass is 10.1. The van der Waals surface area contributed by atoms with E-state index in [2.05, 4.69) is 28.4 Å². The Balaban J connectivity index is 1.45. The van der Waals surface area contributed by atoms with Gasteiger partial charge in [-0.05, 0) is 42.7 Å². The van der Waals surface area contributed by atoms with Gasteiger partial charge in [-0.1, -0.05) is 24.3 Å². The second-order valence-electron chi connectivity index (χ2n) is 7.52. The lowest BCUT2D eigenvalue weighted by molar-refractivity contribution is -0.115. The molecule has 146 valence electrons. The van der Waals surface area contributed by atoms with Crippen LogP contribution in [0.5, 0.6) is 0 Å². The average Bonchev–Trinajstić information content (AvgIpc) is 3.07. The van der Waals surface area contributed by atoms with Crippen LogP contribution in [0.3, 0.4) is 0 Å². The number of anilines is 1. The van der Waals surface area contributed by atoms with Gasteiger partial charge in [0.2, 0.25) is 5.91 Å². The Labute approximate surface area is 170 Å². The summed E-state index contributed by atoms with van der Waals surface area (Å²) in [6.07, 6.45) is 2.00. The Kier molecular flexibility index (Phi) is 5.74. The van der Waals surface area contributed by atoms with Gasteiger partial charge in [-0.15, -0.1) is 0 Å². The fourth-order valence-corrected chi connectivity index (χ4v) is 4.59. The lowest BCUT2D eigenvalue weighted by Crippen LogP contribution is -2.32. The number of benzene rings is 2. The number of carbonyl (C=O) groups excluding carboxylic acids is 1. The molecule has 2 aromatic carbocycles. The molecule has 4 rings (SSSR count). The molecule has 0 radical (unpaired) electrons. The summed E-state index contributed by atoms with van der Waals surface area (Å²) in [4.78, 5) is 15.2. The minimum Gasteiger partial charge on any atom is -0.464 e. The Hall–Kier alpha value is -2.24. The third-order valence-electron chi connectivity index (χ3n) is 5.25. The Morgan fingerprint density at radius 1 is 1.14 bits per heavy atom. The van der Waals surface area contributed by atoms with Crippen molar-refractivity contribution in [2.24, 2.45) is 0 Å². The first-order chi connectivity index (χ1) is 13.6. The molecule has 2 heterocycles. The molecule has 0 saturated carbocycles. The highest BCUT2D eigenvalue weighted by atomic mass is 32.2. The smallest absolute Gasteiger partial charge is 0.228 e. The predicted molar refractivity (Wildman–Crippen MR) is 117 cm³/mol. The number of aryl methyl sites for hydroxylation is 2. The van der Waals surface area contributed by atoms with E-state index < -0.39 is 0 Å². The van der Waals surface area contributed by atoms with Crippen LogP contribution in [0.2, 0.25) is 0 Å². The molecular formula is C23H26N2O2S. The Bertz CT molecular complexity index is 989. The molecule has 0 spiro atoms. The molecule has 0 atom stereocenters. The fraction of sp³-hybridized carbons (Fsp3) is 0.348. The zero-order chi connectivity index (χ0) is 19.5. The van der Waals surface area contributed by atoms with Crippen molar-refractivity contribution >= 4 is 34.3 Å². The van der Waals surface area contributed by atoms with Crippen LogP contribution in [0.15, 0.2) is 47.1 Å². The molecule has 1 aliphatic rings. The molecule has 0 aliphatic carbocycles. The normalized spacial score (nSPS) is 15.1. The maximum atomic E-state index is 12.7. The molecule has 4 nitrogen and oxygen atoms in total. The van der Waals surface area contributed by atoms with Crippen LogP contribution in [0.4, 0.5) is 5.69 Å². The third kappa shape index (κ3) is 4.42. The molecule has 1 N–H and O–H groups in total. The molecule has 28 heavy (non-hydrogen) atoms. The SMILES string of the molecule is Cc1ccc2c(CC(=O)Nc3cc(CN4CCSCC4)ccc3C)coc2c1. The second kappa shape index (κ2) is 8.41. The van der Waals surface area contributed by atoms with Gasteiger partial charge in [0.05, 0.1) is 12.7 Å². The summed E-state index contributed by atoms with van der Waals surface area (Å²) in [6.45, 7) is 7.27. The highest BCUT2D eigenvalue weighted by Crippen LogP contribution is 2.24. The number of thioether (sulfide) groups is 1. The summed E-state index contributed by atoms with van der Waals surface area (Å²) in [6, 6.07) is 12.5. The van der Waals surface area contributed by atoms with Gasteiger partial charge in [0.1, 0.15) is 5.58 Å². The third-order valence-corrected chi connectivity index (χ3v) is 6.19. The molecule has 0 bridgehead atoms. The van der Waals surface area contributed by atoms with Crippen LogP contribution in [-0.4, -0.2) is 35.4 Å². The lowest BCUT2D eigenvalue weighted by Gasteiger charge is -2.26. The maximum absolute atomic E-state index is 12.7. The van der Waals surface area contributed by atoms with Crippen LogP contribution >= 0.6 is 11.8 Å². The molecular weight excluding hydrogens is 368 g/mol. The number of amides is 1. The summed E-state index contributed by atoms with van der Waals surface area (Å²) in [5.41, 5.74) is 6.14. The van der Waals surface area contributed by atoms with Crippen LogP contribution < -0.4 is 5.32 Å². The van der Waals surface area contributed by atoms with Crippen molar-refractivity contribution in [3.8, 4) is 0 Å². The number of fused-ring (bicyclic) bond motifs is 1. The number of rotatable bonds is 5. The minimum atomic E-state index is -0.0158. The number of furan rings is 1. The molecule has 1 fully saturated rings. The standard InChI is InChI=1S/C23H26N2O2S/c1-16-3-6-20-19(15-27-22(20)11-16)13-23(26)24-21-12-18(5-4-17(21)2)14-25-7-9-28-10-8-25/h3-6,11-12,15H,7-10,13-14H2,1-2H3,(H,24,26). The zero-order valence-electron chi connectivity index (χ0n) is 16.5. The molecule has 3 aromatic rings. The first-order valence-electron chi connectivity index (χ1n) is 9.75. The molecule has 1 aliphatic heterocycles. The van der Waals surface area contributed by atoms with Crippen molar-refractivity contribution in [1.29, 1.82) is 0 Å². The average molecular weight is 395 g/mol. The van der Waals surface area contributed by atoms with Crippen molar-refractivity contribution in [2.75, 3.05) is 29.9 Å². The highest BCUT2D eigenvalue weighted by molar-refractivity contribution is 7.99.